The Kier molecular flexibility index (Phi) is 3.03. The molecule has 3 rings (SSSR count). The highest BCUT2D eigenvalue weighted by molar-refractivity contribution is 6.27. The van der Waals surface area contributed by atoms with Crippen molar-refractivity contribution in [3.63, 3.8) is 0 Å². The molecule has 1 aromatic rings. The number of aliphatic imine (C=N–C) groups is 1. The third-order valence-corrected chi connectivity index (χ3v) is 3.46. The summed E-state index contributed by atoms with van der Waals surface area (Å²) in [6.07, 6.45) is 3.00. The first kappa shape index (κ1) is 11.9. The molecule has 2 aliphatic heterocycles. The van der Waals surface area contributed by atoms with E-state index in [0.29, 0.717) is 5.84 Å². The van der Waals surface area contributed by atoms with Crippen molar-refractivity contribution in [2.24, 2.45) is 21.7 Å². The topological polar surface area (TPSA) is 71.0 Å². The summed E-state index contributed by atoms with van der Waals surface area (Å²) < 4.78 is 0. The van der Waals surface area contributed by atoms with Crippen molar-refractivity contribution in [2.45, 2.75) is 19.3 Å². The van der Waals surface area contributed by atoms with Crippen LogP contribution in [0.2, 0.25) is 0 Å². The van der Waals surface area contributed by atoms with Crippen LogP contribution < -0.4 is 10.7 Å². The molecule has 19 heavy (non-hydrogen) atoms. The van der Waals surface area contributed by atoms with Gasteiger partial charge in [0.05, 0.1) is 5.69 Å². The van der Waals surface area contributed by atoms with Gasteiger partial charge < -0.3 is 5.73 Å². The minimum absolute atomic E-state index is 0.0932. The summed E-state index contributed by atoms with van der Waals surface area (Å²) in [5.74, 6) is -0.195. The molecule has 0 aliphatic carbocycles. The predicted octanol–water partition coefficient (Wildman–Crippen LogP) is 1.55. The van der Waals surface area contributed by atoms with E-state index in [4.69, 9.17) is 5.73 Å². The number of amidine groups is 1. The van der Waals surface area contributed by atoms with Crippen molar-refractivity contribution >= 4 is 23.1 Å². The molecule has 0 bridgehead atoms. The average Bonchev–Trinajstić information content (AvgIpc) is 2.76. The third kappa shape index (κ3) is 2.12. The fraction of sp³-hybridized carbons (Fsp3) is 0.357. The van der Waals surface area contributed by atoms with Gasteiger partial charge in [0.2, 0.25) is 0 Å². The molecule has 1 aromatic carbocycles. The van der Waals surface area contributed by atoms with E-state index in [-0.39, 0.29) is 5.91 Å². The van der Waals surface area contributed by atoms with E-state index in [9.17, 15) is 4.79 Å². The fourth-order valence-corrected chi connectivity index (χ4v) is 2.49. The van der Waals surface area contributed by atoms with Gasteiger partial charge >= 0.3 is 0 Å². The van der Waals surface area contributed by atoms with Gasteiger partial charge in [-0.25, -0.2) is 0 Å². The van der Waals surface area contributed by atoms with E-state index in [0.717, 1.165) is 37.2 Å². The third-order valence-electron chi connectivity index (χ3n) is 3.46. The van der Waals surface area contributed by atoms with Crippen LogP contribution >= 0.6 is 0 Å². The number of hydrogen-bond acceptors (Lipinski definition) is 4. The summed E-state index contributed by atoms with van der Waals surface area (Å²) in [5, 5.41) is 5.58. The van der Waals surface area contributed by atoms with E-state index >= 15 is 0 Å². The first-order valence-corrected chi connectivity index (χ1v) is 6.53. The summed E-state index contributed by atoms with van der Waals surface area (Å²) in [4.78, 5) is 16.9. The van der Waals surface area contributed by atoms with Gasteiger partial charge in [-0.1, -0.05) is 18.2 Å². The molecule has 2 N–H and O–H groups in total. The van der Waals surface area contributed by atoms with Crippen LogP contribution in [-0.2, 0) is 4.79 Å². The smallest absolute Gasteiger partial charge is 0.263 e. The zero-order valence-corrected chi connectivity index (χ0v) is 10.6. The molecule has 0 saturated carbocycles. The lowest BCUT2D eigenvalue weighted by molar-refractivity contribution is -0.118. The molecule has 98 valence electrons. The van der Waals surface area contributed by atoms with E-state index in [1.807, 2.05) is 30.3 Å². The van der Waals surface area contributed by atoms with Crippen LogP contribution in [0.3, 0.4) is 0 Å². The fourth-order valence-electron chi connectivity index (χ4n) is 2.49. The van der Waals surface area contributed by atoms with Crippen molar-refractivity contribution in [3.05, 3.63) is 30.3 Å². The molecule has 1 amide bonds. The minimum Gasteiger partial charge on any atom is -0.385 e. The van der Waals surface area contributed by atoms with Gasteiger partial charge in [0.15, 0.2) is 0 Å². The number of carbonyl (C=O) groups is 1. The molecule has 2 aliphatic rings. The zero-order valence-electron chi connectivity index (χ0n) is 10.6. The Hall–Kier alpha value is -2.17. The Morgan fingerprint density at radius 3 is 2.68 bits per heavy atom. The quantitative estimate of drug-likeness (QED) is 0.872. The molecule has 5 nitrogen and oxygen atoms in total. The van der Waals surface area contributed by atoms with E-state index in [2.05, 4.69) is 10.1 Å². The number of carbonyl (C=O) groups excluding carboxylic acids is 1. The predicted molar refractivity (Wildman–Crippen MR) is 75.2 cm³/mol. The number of hydrazone groups is 1. The molecule has 0 saturated heterocycles. The Balaban J connectivity index is 1.89. The van der Waals surface area contributed by atoms with Gasteiger partial charge in [0.1, 0.15) is 11.8 Å². The lowest BCUT2D eigenvalue weighted by atomic mass is 9.95. The molecule has 0 unspecified atom stereocenters. The van der Waals surface area contributed by atoms with E-state index in [1.165, 1.54) is 5.01 Å². The Labute approximate surface area is 111 Å². The lowest BCUT2D eigenvalue weighted by Gasteiger charge is -2.18. The Morgan fingerprint density at radius 2 is 2.00 bits per heavy atom. The number of amides is 1. The molecule has 1 atom stereocenters. The maximum atomic E-state index is 12.5. The van der Waals surface area contributed by atoms with Crippen LogP contribution in [0.15, 0.2) is 40.4 Å². The minimum atomic E-state index is -0.458. The molecular formula is C14H16N4O. The summed E-state index contributed by atoms with van der Waals surface area (Å²) in [5.41, 5.74) is 7.56. The number of hydrogen-bond donors (Lipinski definition) is 1. The van der Waals surface area contributed by atoms with Gasteiger partial charge in [-0.2, -0.15) is 10.1 Å². The maximum absolute atomic E-state index is 12.5. The van der Waals surface area contributed by atoms with Gasteiger partial charge in [-0.15, -0.1) is 0 Å². The van der Waals surface area contributed by atoms with Crippen LogP contribution in [-0.4, -0.2) is 24.0 Å². The van der Waals surface area contributed by atoms with Crippen molar-refractivity contribution < 1.29 is 4.79 Å². The standard InChI is InChI=1S/C14H16N4O/c15-13-12(11-8-4-5-9-16-11)14(19)18(17-13)10-6-2-1-3-7-10/h1-3,6-7,12H,4-5,8-9H2,(H2,15,17)/t12-/m0/s1. The first-order chi connectivity index (χ1) is 9.27. The number of para-hydroxylation sites is 1. The van der Waals surface area contributed by atoms with Gasteiger partial charge in [-0.3, -0.25) is 9.79 Å². The van der Waals surface area contributed by atoms with Gasteiger partial charge in [0.25, 0.3) is 5.91 Å². The molecule has 0 fully saturated rings. The summed E-state index contributed by atoms with van der Waals surface area (Å²) in [6, 6.07) is 9.35. The van der Waals surface area contributed by atoms with Crippen molar-refractivity contribution in [3.8, 4) is 0 Å². The number of nitrogens with zero attached hydrogens (tertiary/aromatic N) is 3. The second kappa shape index (κ2) is 4.84. The lowest BCUT2D eigenvalue weighted by Crippen LogP contribution is -2.36. The van der Waals surface area contributed by atoms with Crippen LogP contribution in [0.25, 0.3) is 0 Å². The van der Waals surface area contributed by atoms with E-state index < -0.39 is 5.92 Å². The van der Waals surface area contributed by atoms with E-state index in [1.54, 1.807) is 0 Å². The summed E-state index contributed by atoms with van der Waals surface area (Å²) >= 11 is 0. The highest BCUT2D eigenvalue weighted by Crippen LogP contribution is 2.25. The monoisotopic (exact) mass is 256 g/mol. The van der Waals surface area contributed by atoms with Gasteiger partial charge in [0, 0.05) is 12.3 Å². The molecule has 5 heteroatoms. The molecule has 2 heterocycles. The highest BCUT2D eigenvalue weighted by atomic mass is 16.2. The van der Waals surface area contributed by atoms with Crippen molar-refractivity contribution in [1.29, 1.82) is 0 Å². The number of rotatable bonds is 2. The largest absolute Gasteiger partial charge is 0.385 e. The number of nitrogens with two attached hydrogens (primary N) is 1. The second-order valence-corrected chi connectivity index (χ2v) is 4.77. The molecular weight excluding hydrogens is 240 g/mol. The number of anilines is 1. The maximum Gasteiger partial charge on any atom is 0.263 e. The van der Waals surface area contributed by atoms with Crippen LogP contribution in [0.5, 0.6) is 0 Å². The first-order valence-electron chi connectivity index (χ1n) is 6.53. The number of benzene rings is 1. The van der Waals surface area contributed by atoms with Crippen molar-refractivity contribution in [2.75, 3.05) is 11.6 Å². The van der Waals surface area contributed by atoms with Crippen molar-refractivity contribution in [1.82, 2.24) is 0 Å². The van der Waals surface area contributed by atoms with Crippen LogP contribution in [0.1, 0.15) is 19.3 Å². The average molecular weight is 256 g/mol. The Morgan fingerprint density at radius 1 is 1.21 bits per heavy atom. The SMILES string of the molecule is NC1=NN(c2ccccc2)C(=O)[C@H]1C1=NCCCC1. The molecule has 0 radical (unpaired) electrons. The van der Waals surface area contributed by atoms with Crippen LogP contribution in [0, 0.1) is 5.92 Å². The molecule has 0 spiro atoms. The zero-order chi connectivity index (χ0) is 13.2. The second-order valence-electron chi connectivity index (χ2n) is 4.77. The normalized spacial score (nSPS) is 23.3. The molecule has 0 aromatic heterocycles. The highest BCUT2D eigenvalue weighted by Gasteiger charge is 2.38. The van der Waals surface area contributed by atoms with Gasteiger partial charge in [-0.05, 0) is 31.4 Å². The summed E-state index contributed by atoms with van der Waals surface area (Å²) in [7, 11) is 0. The summed E-state index contributed by atoms with van der Waals surface area (Å²) in [6.45, 7) is 0.789. The van der Waals surface area contributed by atoms with Crippen LogP contribution in [0.4, 0.5) is 5.69 Å². The Bertz CT molecular complexity index is 550.